The lowest BCUT2D eigenvalue weighted by Gasteiger charge is -2.33. The third-order valence-corrected chi connectivity index (χ3v) is 5.11. The maximum Gasteiger partial charge on any atom is 0.255 e. The average molecular weight is 363 g/mol. The number of aromatic nitrogens is 1. The minimum Gasteiger partial charge on any atom is -0.487 e. The summed E-state index contributed by atoms with van der Waals surface area (Å²) in [6.07, 6.45) is 6.98. The molecule has 1 atom stereocenters. The second-order valence-corrected chi connectivity index (χ2v) is 6.89. The molecule has 4 nitrogen and oxygen atoms in total. The molecule has 126 valence electrons. The summed E-state index contributed by atoms with van der Waals surface area (Å²) in [4.78, 5) is 19.7. The Bertz CT molecular complexity index is 726. The Labute approximate surface area is 151 Å². The van der Waals surface area contributed by atoms with E-state index < -0.39 is 0 Å². The van der Waals surface area contributed by atoms with Crippen molar-refractivity contribution in [1.29, 1.82) is 0 Å². The SMILES string of the molecule is CSc1ccccc1C(=O)N1CCCC(Oc2ccncc2Cl)C1. The van der Waals surface area contributed by atoms with Gasteiger partial charge in [-0.1, -0.05) is 23.7 Å². The molecule has 1 unspecified atom stereocenters. The zero-order valence-corrected chi connectivity index (χ0v) is 15.0. The topological polar surface area (TPSA) is 42.4 Å². The minimum atomic E-state index is -0.0518. The molecule has 1 aliphatic rings. The van der Waals surface area contributed by atoms with Crippen LogP contribution in [0, 0.1) is 0 Å². The zero-order chi connectivity index (χ0) is 16.9. The monoisotopic (exact) mass is 362 g/mol. The van der Waals surface area contributed by atoms with Gasteiger partial charge in [0.25, 0.3) is 5.91 Å². The number of piperidine rings is 1. The van der Waals surface area contributed by atoms with Crippen LogP contribution in [-0.4, -0.2) is 41.2 Å². The number of carbonyl (C=O) groups excluding carboxylic acids is 1. The van der Waals surface area contributed by atoms with Gasteiger partial charge >= 0.3 is 0 Å². The fourth-order valence-corrected chi connectivity index (χ4v) is 3.60. The molecule has 2 heterocycles. The Balaban J connectivity index is 1.71. The fraction of sp³-hybridized carbons (Fsp3) is 0.333. The molecule has 2 aromatic rings. The van der Waals surface area contributed by atoms with Crippen molar-refractivity contribution < 1.29 is 9.53 Å². The maximum absolute atomic E-state index is 12.9. The lowest BCUT2D eigenvalue weighted by atomic mass is 10.1. The molecule has 1 amide bonds. The van der Waals surface area contributed by atoms with Crippen LogP contribution in [0.5, 0.6) is 5.75 Å². The number of rotatable bonds is 4. The molecule has 1 fully saturated rings. The summed E-state index contributed by atoms with van der Waals surface area (Å²) in [6.45, 7) is 1.33. The first-order valence-electron chi connectivity index (χ1n) is 7.87. The van der Waals surface area contributed by atoms with Crippen molar-refractivity contribution in [2.24, 2.45) is 0 Å². The lowest BCUT2D eigenvalue weighted by molar-refractivity contribution is 0.0535. The smallest absolute Gasteiger partial charge is 0.255 e. The number of ether oxygens (including phenoxy) is 1. The number of hydrogen-bond donors (Lipinski definition) is 0. The second kappa shape index (κ2) is 7.90. The number of nitrogens with zero attached hydrogens (tertiary/aromatic N) is 2. The van der Waals surface area contributed by atoms with E-state index in [1.807, 2.05) is 35.4 Å². The Kier molecular flexibility index (Phi) is 5.63. The van der Waals surface area contributed by atoms with E-state index in [0.29, 0.717) is 17.3 Å². The van der Waals surface area contributed by atoms with E-state index in [1.165, 1.54) is 0 Å². The molecule has 0 aliphatic carbocycles. The van der Waals surface area contributed by atoms with Crippen molar-refractivity contribution in [3.63, 3.8) is 0 Å². The number of likely N-dealkylation sites (tertiary alicyclic amines) is 1. The Morgan fingerprint density at radius 1 is 1.38 bits per heavy atom. The van der Waals surface area contributed by atoms with E-state index in [-0.39, 0.29) is 12.0 Å². The van der Waals surface area contributed by atoms with Crippen LogP contribution in [-0.2, 0) is 0 Å². The molecule has 1 aliphatic heterocycles. The molecular weight excluding hydrogens is 344 g/mol. The molecule has 24 heavy (non-hydrogen) atoms. The highest BCUT2D eigenvalue weighted by Crippen LogP contribution is 2.27. The van der Waals surface area contributed by atoms with Gasteiger partial charge in [-0.25, -0.2) is 0 Å². The molecule has 3 rings (SSSR count). The number of carbonyl (C=O) groups is 1. The summed E-state index contributed by atoms with van der Waals surface area (Å²) < 4.78 is 5.99. The highest BCUT2D eigenvalue weighted by Gasteiger charge is 2.27. The first-order valence-corrected chi connectivity index (χ1v) is 9.48. The Morgan fingerprint density at radius 3 is 3.00 bits per heavy atom. The van der Waals surface area contributed by atoms with Crippen molar-refractivity contribution in [2.45, 2.75) is 23.8 Å². The van der Waals surface area contributed by atoms with Crippen molar-refractivity contribution in [1.82, 2.24) is 9.88 Å². The van der Waals surface area contributed by atoms with E-state index in [0.717, 1.165) is 29.8 Å². The molecule has 0 saturated carbocycles. The number of thioether (sulfide) groups is 1. The van der Waals surface area contributed by atoms with E-state index in [9.17, 15) is 4.79 Å². The fourth-order valence-electron chi connectivity index (χ4n) is 2.85. The van der Waals surface area contributed by atoms with Gasteiger partial charge in [-0.05, 0) is 31.2 Å². The molecule has 0 radical (unpaired) electrons. The van der Waals surface area contributed by atoms with E-state index in [4.69, 9.17) is 16.3 Å². The molecular formula is C18H19ClN2O2S. The van der Waals surface area contributed by atoms with Crippen LogP contribution in [0.25, 0.3) is 0 Å². The van der Waals surface area contributed by atoms with Gasteiger partial charge in [0, 0.05) is 29.9 Å². The number of pyridine rings is 1. The molecule has 1 aromatic heterocycles. The standard InChI is InChI=1S/C18H19ClN2O2S/c1-24-17-7-3-2-6-14(17)18(22)21-10-4-5-13(12-21)23-16-8-9-20-11-15(16)19/h2-3,6-9,11,13H,4-5,10,12H2,1H3. The first kappa shape index (κ1) is 17.1. The first-order chi connectivity index (χ1) is 11.7. The molecule has 0 bridgehead atoms. The van der Waals surface area contributed by atoms with E-state index in [2.05, 4.69) is 4.98 Å². The van der Waals surface area contributed by atoms with Crippen LogP contribution in [0.4, 0.5) is 0 Å². The predicted molar refractivity (Wildman–Crippen MR) is 97.0 cm³/mol. The Hall–Kier alpha value is -1.72. The van der Waals surface area contributed by atoms with Crippen molar-refractivity contribution in [2.75, 3.05) is 19.3 Å². The highest BCUT2D eigenvalue weighted by molar-refractivity contribution is 7.98. The normalized spacial score (nSPS) is 17.6. The van der Waals surface area contributed by atoms with Crippen molar-refractivity contribution in [3.8, 4) is 5.75 Å². The number of benzene rings is 1. The number of amides is 1. The van der Waals surface area contributed by atoms with E-state index in [1.54, 1.807) is 30.2 Å². The minimum absolute atomic E-state index is 0.0518. The predicted octanol–water partition coefficient (Wildman–Crippen LogP) is 4.14. The van der Waals surface area contributed by atoms with Crippen molar-refractivity contribution in [3.05, 3.63) is 53.3 Å². The maximum atomic E-state index is 12.9. The van der Waals surface area contributed by atoms with Gasteiger partial charge in [0.05, 0.1) is 12.1 Å². The van der Waals surface area contributed by atoms with E-state index >= 15 is 0 Å². The quantitative estimate of drug-likeness (QED) is 0.766. The highest BCUT2D eigenvalue weighted by atomic mass is 35.5. The summed E-state index contributed by atoms with van der Waals surface area (Å²) in [5.41, 5.74) is 0.757. The Morgan fingerprint density at radius 2 is 2.21 bits per heavy atom. The van der Waals surface area contributed by atoms with Crippen LogP contribution in [0.15, 0.2) is 47.6 Å². The van der Waals surface area contributed by atoms with Gasteiger partial charge in [-0.2, -0.15) is 0 Å². The molecule has 0 spiro atoms. The van der Waals surface area contributed by atoms with Gasteiger partial charge < -0.3 is 9.64 Å². The van der Waals surface area contributed by atoms with Gasteiger partial charge in [0.1, 0.15) is 16.9 Å². The largest absolute Gasteiger partial charge is 0.487 e. The van der Waals surface area contributed by atoms with Gasteiger partial charge in [0.2, 0.25) is 0 Å². The van der Waals surface area contributed by atoms with Gasteiger partial charge in [0.15, 0.2) is 0 Å². The van der Waals surface area contributed by atoms with Crippen LogP contribution < -0.4 is 4.74 Å². The van der Waals surface area contributed by atoms with Crippen LogP contribution in [0.3, 0.4) is 0 Å². The van der Waals surface area contributed by atoms with Crippen LogP contribution >= 0.6 is 23.4 Å². The average Bonchev–Trinajstić information content (AvgIpc) is 2.63. The number of hydrogen-bond acceptors (Lipinski definition) is 4. The molecule has 6 heteroatoms. The summed E-state index contributed by atoms with van der Waals surface area (Å²) in [5.74, 6) is 0.685. The summed E-state index contributed by atoms with van der Waals surface area (Å²) >= 11 is 7.70. The zero-order valence-electron chi connectivity index (χ0n) is 13.4. The third-order valence-electron chi connectivity index (χ3n) is 4.03. The van der Waals surface area contributed by atoms with Gasteiger partial charge in [-0.3, -0.25) is 9.78 Å². The molecule has 1 aromatic carbocycles. The second-order valence-electron chi connectivity index (χ2n) is 5.64. The number of halogens is 1. The molecule has 0 N–H and O–H groups in total. The summed E-state index contributed by atoms with van der Waals surface area (Å²) in [6, 6.07) is 9.48. The van der Waals surface area contributed by atoms with Gasteiger partial charge in [-0.15, -0.1) is 11.8 Å². The summed E-state index contributed by atoms with van der Waals surface area (Å²) in [7, 11) is 0. The molecule has 1 saturated heterocycles. The van der Waals surface area contributed by atoms with Crippen LogP contribution in [0.1, 0.15) is 23.2 Å². The van der Waals surface area contributed by atoms with Crippen LogP contribution in [0.2, 0.25) is 5.02 Å². The lowest BCUT2D eigenvalue weighted by Crippen LogP contribution is -2.44. The third kappa shape index (κ3) is 3.84. The van der Waals surface area contributed by atoms with Crippen molar-refractivity contribution >= 4 is 29.3 Å². The summed E-state index contributed by atoms with van der Waals surface area (Å²) in [5, 5.41) is 0.494.